The molecule has 1 atom stereocenters. The van der Waals surface area contributed by atoms with Crippen molar-refractivity contribution in [3.8, 4) is 0 Å². The second-order valence-corrected chi connectivity index (χ2v) is 5.13. The molecule has 1 aliphatic heterocycles. The molecule has 1 saturated heterocycles. The highest BCUT2D eigenvalue weighted by Gasteiger charge is 2.23. The zero-order valence-electron chi connectivity index (χ0n) is 11.7. The molecule has 2 N–H and O–H groups in total. The van der Waals surface area contributed by atoms with E-state index < -0.39 is 6.04 Å². The van der Waals surface area contributed by atoms with Crippen LogP contribution in [0.4, 0.5) is 4.79 Å². The summed E-state index contributed by atoms with van der Waals surface area (Å²) in [6.45, 7) is 8.15. The van der Waals surface area contributed by atoms with Gasteiger partial charge < -0.3 is 15.5 Å². The summed E-state index contributed by atoms with van der Waals surface area (Å²) in [5.74, 6) is 0.579. The van der Waals surface area contributed by atoms with Crippen molar-refractivity contribution < 1.29 is 9.59 Å². The first-order valence-corrected chi connectivity index (χ1v) is 6.87. The smallest absolute Gasteiger partial charge is 0.318 e. The minimum Gasteiger partial charge on any atom is -0.354 e. The Balaban J connectivity index is 2.32. The van der Waals surface area contributed by atoms with E-state index in [1.165, 1.54) is 0 Å². The lowest BCUT2D eigenvalue weighted by Gasteiger charge is -2.31. The summed E-state index contributed by atoms with van der Waals surface area (Å²) in [4.78, 5) is 25.4. The summed E-state index contributed by atoms with van der Waals surface area (Å²) in [5, 5.41) is 5.52. The molecule has 0 saturated carbocycles. The van der Waals surface area contributed by atoms with Crippen LogP contribution < -0.4 is 10.6 Å². The highest BCUT2D eigenvalue weighted by Crippen LogP contribution is 2.15. The molecule has 5 nitrogen and oxygen atoms in total. The molecule has 1 rings (SSSR count). The first-order chi connectivity index (χ1) is 8.54. The van der Waals surface area contributed by atoms with Crippen LogP contribution in [0.3, 0.4) is 0 Å². The van der Waals surface area contributed by atoms with Gasteiger partial charge in [0, 0.05) is 19.6 Å². The molecule has 5 heteroatoms. The second kappa shape index (κ2) is 7.24. The van der Waals surface area contributed by atoms with Gasteiger partial charge in [-0.1, -0.05) is 13.8 Å². The van der Waals surface area contributed by atoms with Crippen molar-refractivity contribution in [1.82, 2.24) is 15.5 Å². The number of carbonyl (C=O) groups is 2. The van der Waals surface area contributed by atoms with Gasteiger partial charge in [0.15, 0.2) is 0 Å². The molecule has 3 amide bonds. The maximum atomic E-state index is 11.9. The van der Waals surface area contributed by atoms with Crippen LogP contribution in [0, 0.1) is 5.92 Å². The standard InChI is InChI=1S/C13H25N3O2/c1-4-7-14-12(17)11(3)15-13(18)16-8-5-10(2)6-9-16/h10-11H,4-9H2,1-3H3,(H,14,17)(H,15,18). The van der Waals surface area contributed by atoms with E-state index in [-0.39, 0.29) is 11.9 Å². The Labute approximate surface area is 109 Å². The molecule has 0 aromatic heterocycles. The predicted octanol–water partition coefficient (Wildman–Crippen LogP) is 1.34. The Morgan fingerprint density at radius 2 is 1.94 bits per heavy atom. The number of nitrogens with one attached hydrogen (secondary N) is 2. The monoisotopic (exact) mass is 255 g/mol. The Bertz CT molecular complexity index is 286. The number of amides is 3. The average Bonchev–Trinajstić information content (AvgIpc) is 2.36. The Morgan fingerprint density at radius 3 is 2.50 bits per heavy atom. The van der Waals surface area contributed by atoms with E-state index in [1.54, 1.807) is 11.8 Å². The van der Waals surface area contributed by atoms with E-state index in [0.29, 0.717) is 12.5 Å². The van der Waals surface area contributed by atoms with Gasteiger partial charge in [-0.3, -0.25) is 4.79 Å². The molecule has 104 valence electrons. The number of urea groups is 1. The number of nitrogens with zero attached hydrogens (tertiary/aromatic N) is 1. The highest BCUT2D eigenvalue weighted by atomic mass is 16.2. The van der Waals surface area contributed by atoms with Crippen LogP contribution in [0.15, 0.2) is 0 Å². The van der Waals surface area contributed by atoms with Crippen LogP contribution in [0.25, 0.3) is 0 Å². The third kappa shape index (κ3) is 4.55. The van der Waals surface area contributed by atoms with E-state index in [9.17, 15) is 9.59 Å². The lowest BCUT2D eigenvalue weighted by atomic mass is 10.00. The number of piperidine rings is 1. The first-order valence-electron chi connectivity index (χ1n) is 6.87. The molecule has 0 aliphatic carbocycles. The first kappa shape index (κ1) is 14.8. The van der Waals surface area contributed by atoms with Crippen molar-refractivity contribution in [2.75, 3.05) is 19.6 Å². The Hall–Kier alpha value is -1.26. The van der Waals surface area contributed by atoms with Gasteiger partial charge in [0.05, 0.1) is 0 Å². The molecule has 1 unspecified atom stereocenters. The van der Waals surface area contributed by atoms with Crippen molar-refractivity contribution in [2.45, 2.75) is 46.1 Å². The van der Waals surface area contributed by atoms with Crippen molar-refractivity contribution in [3.63, 3.8) is 0 Å². The molecule has 1 fully saturated rings. The fourth-order valence-electron chi connectivity index (χ4n) is 1.96. The molecule has 1 heterocycles. The number of hydrogen-bond acceptors (Lipinski definition) is 2. The van der Waals surface area contributed by atoms with Crippen LogP contribution in [0.2, 0.25) is 0 Å². The summed E-state index contributed by atoms with van der Waals surface area (Å²) >= 11 is 0. The van der Waals surface area contributed by atoms with Crippen molar-refractivity contribution >= 4 is 11.9 Å². The van der Waals surface area contributed by atoms with Crippen molar-refractivity contribution in [3.05, 3.63) is 0 Å². The number of carbonyl (C=O) groups excluding carboxylic acids is 2. The molecular weight excluding hydrogens is 230 g/mol. The Kier molecular flexibility index (Phi) is 5.95. The minimum absolute atomic E-state index is 0.115. The van der Waals surface area contributed by atoms with Gasteiger partial charge in [0.2, 0.25) is 5.91 Å². The third-order valence-corrected chi connectivity index (χ3v) is 3.35. The van der Waals surface area contributed by atoms with Gasteiger partial charge in [-0.05, 0) is 32.1 Å². The largest absolute Gasteiger partial charge is 0.354 e. The summed E-state index contributed by atoms with van der Waals surface area (Å²) < 4.78 is 0. The van der Waals surface area contributed by atoms with Gasteiger partial charge >= 0.3 is 6.03 Å². The fourth-order valence-corrected chi connectivity index (χ4v) is 1.96. The number of hydrogen-bond donors (Lipinski definition) is 2. The van der Waals surface area contributed by atoms with Gasteiger partial charge in [-0.15, -0.1) is 0 Å². The van der Waals surface area contributed by atoms with E-state index in [4.69, 9.17) is 0 Å². The minimum atomic E-state index is -0.469. The second-order valence-electron chi connectivity index (χ2n) is 5.13. The van der Waals surface area contributed by atoms with Crippen LogP contribution in [0.1, 0.15) is 40.0 Å². The van der Waals surface area contributed by atoms with Crippen LogP contribution >= 0.6 is 0 Å². The zero-order valence-corrected chi connectivity index (χ0v) is 11.7. The maximum Gasteiger partial charge on any atom is 0.318 e. The topological polar surface area (TPSA) is 61.4 Å². The van der Waals surface area contributed by atoms with Gasteiger partial charge in [0.25, 0.3) is 0 Å². The van der Waals surface area contributed by atoms with Gasteiger partial charge in [-0.2, -0.15) is 0 Å². The van der Waals surface area contributed by atoms with Crippen molar-refractivity contribution in [2.24, 2.45) is 5.92 Å². The van der Waals surface area contributed by atoms with E-state index in [1.807, 2.05) is 6.92 Å². The fraction of sp³-hybridized carbons (Fsp3) is 0.846. The molecule has 1 aliphatic rings. The highest BCUT2D eigenvalue weighted by molar-refractivity contribution is 5.86. The average molecular weight is 255 g/mol. The molecule has 0 radical (unpaired) electrons. The third-order valence-electron chi connectivity index (χ3n) is 3.35. The molecule has 0 bridgehead atoms. The number of likely N-dealkylation sites (tertiary alicyclic amines) is 1. The lowest BCUT2D eigenvalue weighted by molar-refractivity contribution is -0.122. The predicted molar refractivity (Wildman–Crippen MR) is 71.3 cm³/mol. The molecule has 0 spiro atoms. The van der Waals surface area contributed by atoms with Crippen molar-refractivity contribution in [1.29, 1.82) is 0 Å². The normalized spacial score (nSPS) is 18.3. The zero-order chi connectivity index (χ0) is 13.5. The molecule has 18 heavy (non-hydrogen) atoms. The van der Waals surface area contributed by atoms with E-state index in [0.717, 1.165) is 32.4 Å². The summed E-state index contributed by atoms with van der Waals surface area (Å²) in [6.07, 6.45) is 2.99. The van der Waals surface area contributed by atoms with Crippen LogP contribution in [-0.4, -0.2) is 42.5 Å². The SMILES string of the molecule is CCCNC(=O)C(C)NC(=O)N1CCC(C)CC1. The van der Waals surface area contributed by atoms with Crippen LogP contribution in [-0.2, 0) is 4.79 Å². The summed E-state index contributed by atoms with van der Waals surface area (Å²) in [6, 6.07) is -0.593. The Morgan fingerprint density at radius 1 is 1.33 bits per heavy atom. The van der Waals surface area contributed by atoms with Gasteiger partial charge in [0.1, 0.15) is 6.04 Å². The van der Waals surface area contributed by atoms with E-state index >= 15 is 0 Å². The molecule has 0 aromatic rings. The summed E-state index contributed by atoms with van der Waals surface area (Å²) in [5.41, 5.74) is 0. The van der Waals surface area contributed by atoms with Crippen LogP contribution in [0.5, 0.6) is 0 Å². The number of rotatable bonds is 4. The lowest BCUT2D eigenvalue weighted by Crippen LogP contribution is -2.51. The summed E-state index contributed by atoms with van der Waals surface area (Å²) in [7, 11) is 0. The quantitative estimate of drug-likeness (QED) is 0.796. The molecular formula is C13H25N3O2. The molecule has 0 aromatic carbocycles. The van der Waals surface area contributed by atoms with Gasteiger partial charge in [-0.25, -0.2) is 4.79 Å². The van der Waals surface area contributed by atoms with E-state index in [2.05, 4.69) is 17.6 Å². The maximum absolute atomic E-state index is 11.9.